The molecule has 0 amide bonds. The molecule has 100 valence electrons. The Bertz CT molecular complexity index is 790. The monoisotopic (exact) mass is 300 g/mol. The zero-order valence-electron chi connectivity index (χ0n) is 10.8. The number of carbonyl (C=O) groups is 1. The lowest BCUT2D eigenvalue weighted by Gasteiger charge is -2.06. The molecule has 0 bridgehead atoms. The Morgan fingerprint density at radius 2 is 1.95 bits per heavy atom. The highest BCUT2D eigenvalue weighted by molar-refractivity contribution is 7.99. The molecule has 0 radical (unpaired) electrons. The van der Waals surface area contributed by atoms with Crippen molar-refractivity contribution in [2.75, 3.05) is 0 Å². The molecule has 0 atom stereocenters. The Kier molecular flexibility index (Phi) is 3.51. The van der Waals surface area contributed by atoms with Gasteiger partial charge in [-0.05, 0) is 25.1 Å². The molecule has 2 nitrogen and oxygen atoms in total. The molecule has 20 heavy (non-hydrogen) atoms. The number of carboxylic acids is 1. The number of thiophene rings is 1. The maximum Gasteiger partial charge on any atom is 0.336 e. The van der Waals surface area contributed by atoms with E-state index in [1.165, 1.54) is 21.8 Å². The summed E-state index contributed by atoms with van der Waals surface area (Å²) in [6, 6.07) is 13.7. The Balaban J connectivity index is 2.05. The second kappa shape index (κ2) is 5.31. The average molecular weight is 300 g/mol. The number of aromatic carboxylic acids is 1. The number of hydrogen-bond donors (Lipinski definition) is 1. The smallest absolute Gasteiger partial charge is 0.336 e. The molecular formula is C16H12O2S2. The minimum Gasteiger partial charge on any atom is -0.478 e. The first kappa shape index (κ1) is 13.2. The topological polar surface area (TPSA) is 37.3 Å². The molecule has 3 rings (SSSR count). The summed E-state index contributed by atoms with van der Waals surface area (Å²) in [5.74, 6) is -0.879. The van der Waals surface area contributed by atoms with Gasteiger partial charge in [-0.3, -0.25) is 0 Å². The standard InChI is InChI=1S/C16H12O2S2/c1-10-6-7-14(12(8-10)16(17)18)20-15-9-19-13-5-3-2-4-11(13)15/h2-9H,1H3,(H,17,18). The van der Waals surface area contributed by atoms with E-state index in [1.54, 1.807) is 17.4 Å². The molecule has 1 aromatic heterocycles. The van der Waals surface area contributed by atoms with Crippen LogP contribution in [0.15, 0.2) is 57.6 Å². The maximum atomic E-state index is 11.4. The summed E-state index contributed by atoms with van der Waals surface area (Å²) in [6.45, 7) is 1.90. The molecule has 4 heteroatoms. The molecule has 0 spiro atoms. The van der Waals surface area contributed by atoms with Gasteiger partial charge < -0.3 is 5.11 Å². The Hall–Kier alpha value is -1.78. The first-order chi connectivity index (χ1) is 9.65. The number of rotatable bonds is 3. The van der Waals surface area contributed by atoms with Crippen molar-refractivity contribution < 1.29 is 9.90 Å². The molecule has 1 N–H and O–H groups in total. The average Bonchev–Trinajstić information content (AvgIpc) is 2.84. The number of carboxylic acid groups (broad SMARTS) is 1. The molecule has 0 unspecified atom stereocenters. The van der Waals surface area contributed by atoms with Crippen molar-refractivity contribution in [3.8, 4) is 0 Å². The number of fused-ring (bicyclic) bond motifs is 1. The van der Waals surface area contributed by atoms with Crippen molar-refractivity contribution in [1.82, 2.24) is 0 Å². The van der Waals surface area contributed by atoms with Gasteiger partial charge in [-0.15, -0.1) is 11.3 Å². The van der Waals surface area contributed by atoms with E-state index in [0.717, 1.165) is 15.4 Å². The van der Waals surface area contributed by atoms with Gasteiger partial charge in [0.1, 0.15) is 0 Å². The van der Waals surface area contributed by atoms with E-state index >= 15 is 0 Å². The third-order valence-electron chi connectivity index (χ3n) is 3.03. The van der Waals surface area contributed by atoms with Crippen LogP contribution in [0.5, 0.6) is 0 Å². The summed E-state index contributed by atoms with van der Waals surface area (Å²) in [5, 5.41) is 12.6. The van der Waals surface area contributed by atoms with Crippen LogP contribution in [-0.2, 0) is 0 Å². The van der Waals surface area contributed by atoms with E-state index in [0.29, 0.717) is 5.56 Å². The van der Waals surface area contributed by atoms with Crippen LogP contribution >= 0.6 is 23.1 Å². The highest BCUT2D eigenvalue weighted by Gasteiger charge is 2.13. The molecule has 0 aliphatic rings. The lowest BCUT2D eigenvalue weighted by atomic mass is 10.1. The van der Waals surface area contributed by atoms with E-state index in [1.807, 2.05) is 31.2 Å². The molecular weight excluding hydrogens is 288 g/mol. The van der Waals surface area contributed by atoms with Crippen LogP contribution in [0.3, 0.4) is 0 Å². The second-order valence-corrected chi connectivity index (χ2v) is 6.50. The van der Waals surface area contributed by atoms with Crippen LogP contribution in [0.1, 0.15) is 15.9 Å². The Morgan fingerprint density at radius 1 is 1.15 bits per heavy atom. The first-order valence-electron chi connectivity index (χ1n) is 6.13. The predicted molar refractivity (Wildman–Crippen MR) is 84.1 cm³/mol. The van der Waals surface area contributed by atoms with E-state index in [4.69, 9.17) is 0 Å². The second-order valence-electron chi connectivity index (χ2n) is 4.50. The van der Waals surface area contributed by atoms with Crippen LogP contribution in [0.4, 0.5) is 0 Å². The van der Waals surface area contributed by atoms with E-state index in [9.17, 15) is 9.90 Å². The summed E-state index contributed by atoms with van der Waals surface area (Å²) in [7, 11) is 0. The van der Waals surface area contributed by atoms with Gasteiger partial charge in [0.2, 0.25) is 0 Å². The molecule has 0 saturated heterocycles. The first-order valence-corrected chi connectivity index (χ1v) is 7.83. The summed E-state index contributed by atoms with van der Waals surface area (Å²) < 4.78 is 1.22. The van der Waals surface area contributed by atoms with Gasteiger partial charge in [0, 0.05) is 25.3 Å². The minimum atomic E-state index is -0.879. The molecule has 2 aromatic carbocycles. The van der Waals surface area contributed by atoms with Crippen LogP contribution in [0, 0.1) is 6.92 Å². The molecule has 0 aliphatic carbocycles. The largest absolute Gasteiger partial charge is 0.478 e. The fourth-order valence-corrected chi connectivity index (χ4v) is 4.19. The fourth-order valence-electron chi connectivity index (χ4n) is 2.05. The van der Waals surface area contributed by atoms with Crippen molar-refractivity contribution in [3.63, 3.8) is 0 Å². The summed E-state index contributed by atoms with van der Waals surface area (Å²) in [6.07, 6.45) is 0. The maximum absolute atomic E-state index is 11.4. The van der Waals surface area contributed by atoms with Crippen molar-refractivity contribution in [3.05, 3.63) is 59.0 Å². The zero-order chi connectivity index (χ0) is 14.1. The van der Waals surface area contributed by atoms with Gasteiger partial charge in [-0.25, -0.2) is 4.79 Å². The van der Waals surface area contributed by atoms with Crippen molar-refractivity contribution in [2.45, 2.75) is 16.7 Å². The molecule has 0 saturated carbocycles. The molecule has 0 aliphatic heterocycles. The quantitative estimate of drug-likeness (QED) is 0.734. The van der Waals surface area contributed by atoms with Crippen molar-refractivity contribution in [2.24, 2.45) is 0 Å². The molecule has 1 heterocycles. The van der Waals surface area contributed by atoms with Gasteiger partial charge in [0.05, 0.1) is 5.56 Å². The third-order valence-corrected chi connectivity index (χ3v) is 5.28. The number of aryl methyl sites for hydroxylation is 1. The lowest BCUT2D eigenvalue weighted by Crippen LogP contribution is -1.99. The normalized spacial score (nSPS) is 10.8. The van der Waals surface area contributed by atoms with Gasteiger partial charge in [-0.1, -0.05) is 41.6 Å². The summed E-state index contributed by atoms with van der Waals surface area (Å²) >= 11 is 3.20. The third kappa shape index (κ3) is 2.44. The molecule has 3 aromatic rings. The van der Waals surface area contributed by atoms with Crippen LogP contribution in [0.25, 0.3) is 10.1 Å². The van der Waals surface area contributed by atoms with Crippen molar-refractivity contribution in [1.29, 1.82) is 0 Å². The van der Waals surface area contributed by atoms with Gasteiger partial charge in [0.15, 0.2) is 0 Å². The fraction of sp³-hybridized carbons (Fsp3) is 0.0625. The minimum absolute atomic E-state index is 0.366. The van der Waals surface area contributed by atoms with Gasteiger partial charge in [-0.2, -0.15) is 0 Å². The van der Waals surface area contributed by atoms with Crippen molar-refractivity contribution >= 4 is 39.2 Å². The van der Waals surface area contributed by atoms with Crippen LogP contribution in [-0.4, -0.2) is 11.1 Å². The Morgan fingerprint density at radius 3 is 2.75 bits per heavy atom. The summed E-state index contributed by atoms with van der Waals surface area (Å²) in [5.41, 5.74) is 1.33. The van der Waals surface area contributed by atoms with Gasteiger partial charge >= 0.3 is 5.97 Å². The van der Waals surface area contributed by atoms with E-state index in [2.05, 4.69) is 17.5 Å². The predicted octanol–water partition coefficient (Wildman–Crippen LogP) is 5.06. The summed E-state index contributed by atoms with van der Waals surface area (Å²) in [4.78, 5) is 13.2. The van der Waals surface area contributed by atoms with Crippen LogP contribution < -0.4 is 0 Å². The highest BCUT2D eigenvalue weighted by Crippen LogP contribution is 2.38. The van der Waals surface area contributed by atoms with E-state index < -0.39 is 5.97 Å². The van der Waals surface area contributed by atoms with Gasteiger partial charge in [0.25, 0.3) is 0 Å². The number of hydrogen-bond acceptors (Lipinski definition) is 3. The van der Waals surface area contributed by atoms with E-state index in [-0.39, 0.29) is 0 Å². The van der Waals surface area contributed by atoms with Crippen LogP contribution in [0.2, 0.25) is 0 Å². The number of benzene rings is 2. The zero-order valence-corrected chi connectivity index (χ0v) is 12.4. The lowest BCUT2D eigenvalue weighted by molar-refractivity contribution is 0.0693. The molecule has 0 fully saturated rings. The highest BCUT2D eigenvalue weighted by atomic mass is 32.2. The SMILES string of the molecule is Cc1ccc(Sc2csc3ccccc23)c(C(=O)O)c1. The Labute approximate surface area is 125 Å².